The maximum atomic E-state index is 11.8. The van der Waals surface area contributed by atoms with Crippen LogP contribution in [0.2, 0.25) is 0 Å². The molecule has 0 N–H and O–H groups in total. The SMILES string of the molecule is C/C1=C/CCCC(=O)CCCC(=O)CCC(C)CCC1. The van der Waals surface area contributed by atoms with Crippen LogP contribution in [0.4, 0.5) is 0 Å². The highest BCUT2D eigenvalue weighted by molar-refractivity contribution is 5.81. The van der Waals surface area contributed by atoms with E-state index in [4.69, 9.17) is 0 Å². The van der Waals surface area contributed by atoms with Crippen molar-refractivity contribution in [2.45, 2.75) is 84.5 Å². The molecule has 0 aromatic heterocycles. The summed E-state index contributed by atoms with van der Waals surface area (Å²) >= 11 is 0. The number of Topliss-reactive ketones (excluding diaryl/α,β-unsaturated/α-hetero) is 2. The smallest absolute Gasteiger partial charge is 0.132 e. The van der Waals surface area contributed by atoms with Crippen molar-refractivity contribution >= 4 is 11.6 Å². The second kappa shape index (κ2) is 9.90. The molecule has 1 aliphatic rings. The highest BCUT2D eigenvalue weighted by atomic mass is 16.1. The summed E-state index contributed by atoms with van der Waals surface area (Å²) in [5, 5.41) is 0. The molecule has 20 heavy (non-hydrogen) atoms. The lowest BCUT2D eigenvalue weighted by Gasteiger charge is -2.11. The maximum absolute atomic E-state index is 11.8. The summed E-state index contributed by atoms with van der Waals surface area (Å²) < 4.78 is 0. The van der Waals surface area contributed by atoms with Crippen LogP contribution in [0.3, 0.4) is 0 Å². The van der Waals surface area contributed by atoms with E-state index >= 15 is 0 Å². The largest absolute Gasteiger partial charge is 0.300 e. The Hall–Kier alpha value is -0.920. The predicted octanol–water partition coefficient (Wildman–Crippen LogP) is 5.01. The second-order valence-corrected chi connectivity index (χ2v) is 6.41. The Bertz CT molecular complexity index is 341. The molecule has 0 radical (unpaired) electrons. The zero-order valence-corrected chi connectivity index (χ0v) is 13.2. The Morgan fingerprint density at radius 3 is 2.25 bits per heavy atom. The van der Waals surface area contributed by atoms with Crippen molar-refractivity contribution in [3.05, 3.63) is 11.6 Å². The van der Waals surface area contributed by atoms with E-state index in [-0.39, 0.29) is 0 Å². The third kappa shape index (κ3) is 8.29. The van der Waals surface area contributed by atoms with E-state index in [0.717, 1.165) is 32.1 Å². The third-order valence-corrected chi connectivity index (χ3v) is 4.25. The molecule has 1 unspecified atom stereocenters. The van der Waals surface area contributed by atoms with Gasteiger partial charge in [0.25, 0.3) is 0 Å². The van der Waals surface area contributed by atoms with Crippen molar-refractivity contribution in [3.8, 4) is 0 Å². The average Bonchev–Trinajstić information content (AvgIpc) is 2.40. The summed E-state index contributed by atoms with van der Waals surface area (Å²) in [6.07, 6.45) is 12.2. The molecule has 114 valence electrons. The fourth-order valence-corrected chi connectivity index (χ4v) is 2.76. The van der Waals surface area contributed by atoms with Gasteiger partial charge < -0.3 is 0 Å². The van der Waals surface area contributed by atoms with Crippen molar-refractivity contribution in [2.24, 2.45) is 5.92 Å². The van der Waals surface area contributed by atoms with Gasteiger partial charge in [0, 0.05) is 25.7 Å². The molecule has 0 aromatic rings. The molecule has 0 heterocycles. The molecule has 2 nitrogen and oxygen atoms in total. The Kier molecular flexibility index (Phi) is 8.48. The van der Waals surface area contributed by atoms with E-state index in [1.54, 1.807) is 0 Å². The minimum atomic E-state index is 0.323. The number of hydrogen-bond acceptors (Lipinski definition) is 2. The minimum absolute atomic E-state index is 0.323. The van der Waals surface area contributed by atoms with E-state index < -0.39 is 0 Å². The van der Waals surface area contributed by atoms with Gasteiger partial charge in [0.15, 0.2) is 0 Å². The summed E-state index contributed by atoms with van der Waals surface area (Å²) in [7, 11) is 0. The van der Waals surface area contributed by atoms with Crippen LogP contribution in [0.1, 0.15) is 84.5 Å². The molecule has 0 bridgehead atoms. The van der Waals surface area contributed by atoms with Crippen molar-refractivity contribution in [1.29, 1.82) is 0 Å². The molecule has 0 aromatic carbocycles. The molecule has 0 saturated heterocycles. The van der Waals surface area contributed by atoms with Crippen molar-refractivity contribution < 1.29 is 9.59 Å². The number of carbonyl (C=O) groups excluding carboxylic acids is 2. The average molecular weight is 278 g/mol. The summed E-state index contributed by atoms with van der Waals surface area (Å²) in [4.78, 5) is 23.4. The summed E-state index contributed by atoms with van der Waals surface area (Å²) in [5.41, 5.74) is 1.45. The highest BCUT2D eigenvalue weighted by Crippen LogP contribution is 2.18. The van der Waals surface area contributed by atoms with Gasteiger partial charge in [-0.25, -0.2) is 0 Å². The van der Waals surface area contributed by atoms with Gasteiger partial charge in [-0.2, -0.15) is 0 Å². The van der Waals surface area contributed by atoms with Gasteiger partial charge in [0.2, 0.25) is 0 Å². The van der Waals surface area contributed by atoms with E-state index in [0.29, 0.717) is 43.2 Å². The van der Waals surface area contributed by atoms with Crippen LogP contribution in [0.5, 0.6) is 0 Å². The fraction of sp³-hybridized carbons (Fsp3) is 0.778. The van der Waals surface area contributed by atoms with Gasteiger partial charge in [-0.3, -0.25) is 9.59 Å². The molecular weight excluding hydrogens is 248 g/mol. The summed E-state index contributed by atoms with van der Waals surface area (Å²) in [6, 6.07) is 0. The maximum Gasteiger partial charge on any atom is 0.132 e. The van der Waals surface area contributed by atoms with Crippen LogP contribution in [0.15, 0.2) is 11.6 Å². The van der Waals surface area contributed by atoms with Crippen LogP contribution in [-0.4, -0.2) is 11.6 Å². The molecule has 0 fully saturated rings. The molecule has 0 aliphatic heterocycles. The van der Waals surface area contributed by atoms with E-state index in [1.807, 2.05) is 0 Å². The van der Waals surface area contributed by atoms with Gasteiger partial charge in [0.1, 0.15) is 11.6 Å². The Morgan fingerprint density at radius 2 is 1.50 bits per heavy atom. The van der Waals surface area contributed by atoms with Gasteiger partial charge in [-0.1, -0.05) is 25.0 Å². The number of ketones is 2. The molecule has 1 rings (SSSR count). The van der Waals surface area contributed by atoms with Crippen LogP contribution < -0.4 is 0 Å². The monoisotopic (exact) mass is 278 g/mol. The number of rotatable bonds is 0. The molecule has 1 aliphatic carbocycles. The van der Waals surface area contributed by atoms with Crippen LogP contribution >= 0.6 is 0 Å². The van der Waals surface area contributed by atoms with Crippen LogP contribution in [0.25, 0.3) is 0 Å². The molecule has 0 saturated carbocycles. The lowest BCUT2D eigenvalue weighted by atomic mass is 9.94. The zero-order chi connectivity index (χ0) is 14.8. The zero-order valence-electron chi connectivity index (χ0n) is 13.2. The number of carbonyl (C=O) groups is 2. The van der Waals surface area contributed by atoms with Crippen molar-refractivity contribution in [3.63, 3.8) is 0 Å². The van der Waals surface area contributed by atoms with E-state index in [2.05, 4.69) is 19.9 Å². The predicted molar refractivity (Wildman–Crippen MR) is 83.7 cm³/mol. The lowest BCUT2D eigenvalue weighted by Crippen LogP contribution is -2.05. The molecule has 0 amide bonds. The second-order valence-electron chi connectivity index (χ2n) is 6.41. The van der Waals surface area contributed by atoms with Crippen molar-refractivity contribution in [1.82, 2.24) is 0 Å². The Balaban J connectivity index is 2.46. The first-order valence-corrected chi connectivity index (χ1v) is 8.27. The van der Waals surface area contributed by atoms with Gasteiger partial charge in [-0.05, 0) is 51.4 Å². The lowest BCUT2D eigenvalue weighted by molar-refractivity contribution is -0.120. The first-order valence-electron chi connectivity index (χ1n) is 8.27. The summed E-state index contributed by atoms with van der Waals surface area (Å²) in [6.45, 7) is 4.44. The first kappa shape index (κ1) is 17.1. The topological polar surface area (TPSA) is 34.1 Å². The normalized spacial score (nSPS) is 27.9. The standard InChI is InChI=1S/C18H30O2/c1-15-7-3-4-10-17(19)11-6-12-18(20)14-13-16(2)9-5-8-15/h7,16H,3-6,8-14H2,1-2H3/b15-7-. The Labute approximate surface area is 124 Å². The minimum Gasteiger partial charge on any atom is -0.300 e. The Morgan fingerprint density at radius 1 is 0.850 bits per heavy atom. The summed E-state index contributed by atoms with van der Waals surface area (Å²) in [5.74, 6) is 1.30. The van der Waals surface area contributed by atoms with Gasteiger partial charge in [0.05, 0.1) is 0 Å². The first-order chi connectivity index (χ1) is 9.58. The fourth-order valence-electron chi connectivity index (χ4n) is 2.76. The number of hydrogen-bond donors (Lipinski definition) is 0. The quantitative estimate of drug-likeness (QED) is 0.583. The molecule has 2 heteroatoms. The van der Waals surface area contributed by atoms with E-state index in [1.165, 1.54) is 18.4 Å². The molecular formula is C18H30O2. The van der Waals surface area contributed by atoms with Crippen LogP contribution in [0, 0.1) is 5.92 Å². The molecule has 0 spiro atoms. The van der Waals surface area contributed by atoms with E-state index in [9.17, 15) is 9.59 Å². The molecule has 1 atom stereocenters. The van der Waals surface area contributed by atoms with Crippen LogP contribution in [-0.2, 0) is 9.59 Å². The van der Waals surface area contributed by atoms with Crippen molar-refractivity contribution in [2.75, 3.05) is 0 Å². The third-order valence-electron chi connectivity index (χ3n) is 4.25. The number of allylic oxidation sites excluding steroid dienone is 2. The van der Waals surface area contributed by atoms with Gasteiger partial charge >= 0.3 is 0 Å². The van der Waals surface area contributed by atoms with Gasteiger partial charge in [-0.15, -0.1) is 0 Å². The highest BCUT2D eigenvalue weighted by Gasteiger charge is 2.09.